The van der Waals surface area contributed by atoms with Crippen LogP contribution in [0.1, 0.15) is 48.2 Å². The molecule has 1 aliphatic heterocycles. The number of carboxylic acids is 1. The average Bonchev–Trinajstić information content (AvgIpc) is 3.14. The van der Waals surface area contributed by atoms with Gasteiger partial charge >= 0.3 is 5.97 Å². The van der Waals surface area contributed by atoms with Gasteiger partial charge in [-0.2, -0.15) is 0 Å². The van der Waals surface area contributed by atoms with Gasteiger partial charge in [-0.05, 0) is 63.8 Å². The number of thiophene rings is 1. The molecule has 9 heteroatoms. The van der Waals surface area contributed by atoms with Gasteiger partial charge in [-0.25, -0.2) is 4.79 Å². The Bertz CT molecular complexity index is 1140. The molecule has 2 aromatic rings. The molecule has 1 saturated heterocycles. The number of carbonyl (C=O) groups is 1. The van der Waals surface area contributed by atoms with Crippen molar-refractivity contribution in [3.05, 3.63) is 44.1 Å². The third-order valence-electron chi connectivity index (χ3n) is 5.33. The van der Waals surface area contributed by atoms with E-state index in [1.54, 1.807) is 35.6 Å². The number of halogens is 2. The van der Waals surface area contributed by atoms with Gasteiger partial charge in [0.1, 0.15) is 4.88 Å². The van der Waals surface area contributed by atoms with E-state index in [0.717, 1.165) is 24.2 Å². The summed E-state index contributed by atoms with van der Waals surface area (Å²) in [6.07, 6.45) is 1.63. The number of hydrogen-bond acceptors (Lipinski definition) is 4. The van der Waals surface area contributed by atoms with Gasteiger partial charge < -0.3 is 14.5 Å². The minimum Gasteiger partial charge on any atom is -0.477 e. The van der Waals surface area contributed by atoms with E-state index in [0.29, 0.717) is 45.7 Å². The van der Waals surface area contributed by atoms with Crippen molar-refractivity contribution in [2.24, 2.45) is 11.3 Å². The SMILES string of the molecule is CC(C)(C)C#Cc1cc(N(CC2CCOCC2)P(C)(=O)c2ccc(Cl)cc2Cl)c(C(=O)O)s1. The maximum Gasteiger partial charge on any atom is 0.348 e. The number of benzene rings is 1. The first-order valence-electron chi connectivity index (χ1n) is 10.7. The Hall–Kier alpha value is -1.48. The van der Waals surface area contributed by atoms with Crippen LogP contribution in [-0.4, -0.2) is 37.5 Å². The van der Waals surface area contributed by atoms with Crippen molar-refractivity contribution in [1.29, 1.82) is 0 Å². The Morgan fingerprint density at radius 2 is 1.94 bits per heavy atom. The Morgan fingerprint density at radius 3 is 2.52 bits per heavy atom. The zero-order chi connectivity index (χ0) is 24.4. The van der Waals surface area contributed by atoms with Crippen LogP contribution in [-0.2, 0) is 9.30 Å². The molecule has 1 aromatic carbocycles. The standard InChI is InChI=1S/C24H28Cl2NO4PS/c1-24(2,3)10-7-18-14-20(22(33-18)23(28)29)27(15-16-8-11-31-12-9-16)32(4,30)21-6-5-17(25)13-19(21)26/h5-6,13-14,16H,8-9,11-12,15H2,1-4H3,(H,28,29). The summed E-state index contributed by atoms with van der Waals surface area (Å²) in [7, 11) is -3.31. The number of carboxylic acid groups (broad SMARTS) is 1. The molecule has 0 saturated carbocycles. The topological polar surface area (TPSA) is 66.8 Å². The van der Waals surface area contributed by atoms with Crippen molar-refractivity contribution < 1.29 is 19.2 Å². The lowest BCUT2D eigenvalue weighted by atomic mass is 9.98. The lowest BCUT2D eigenvalue weighted by Gasteiger charge is -2.36. The molecular weight excluding hydrogens is 500 g/mol. The van der Waals surface area contributed by atoms with Crippen molar-refractivity contribution in [1.82, 2.24) is 0 Å². The number of hydrogen-bond donors (Lipinski definition) is 1. The molecule has 1 aliphatic rings. The molecule has 3 rings (SSSR count). The predicted octanol–water partition coefficient (Wildman–Crippen LogP) is 6.62. The van der Waals surface area contributed by atoms with Crippen molar-refractivity contribution in [2.45, 2.75) is 33.6 Å². The van der Waals surface area contributed by atoms with E-state index in [2.05, 4.69) is 11.8 Å². The molecule has 0 amide bonds. The monoisotopic (exact) mass is 527 g/mol. The predicted molar refractivity (Wildman–Crippen MR) is 138 cm³/mol. The van der Waals surface area contributed by atoms with Gasteiger partial charge in [0.15, 0.2) is 7.29 Å². The van der Waals surface area contributed by atoms with Gasteiger partial charge in [0.2, 0.25) is 0 Å². The summed E-state index contributed by atoms with van der Waals surface area (Å²) in [5.41, 5.74) is 0.181. The molecule has 0 aliphatic carbocycles. The molecule has 5 nitrogen and oxygen atoms in total. The minimum absolute atomic E-state index is 0.118. The third-order valence-corrected chi connectivity index (χ3v) is 9.63. The molecule has 0 spiro atoms. The molecule has 178 valence electrons. The van der Waals surface area contributed by atoms with Crippen molar-refractivity contribution in [3.8, 4) is 11.8 Å². The van der Waals surface area contributed by atoms with Gasteiger partial charge in [-0.1, -0.05) is 35.0 Å². The van der Waals surface area contributed by atoms with Crippen LogP contribution in [0.15, 0.2) is 24.3 Å². The van der Waals surface area contributed by atoms with E-state index in [1.165, 1.54) is 0 Å². The second-order valence-electron chi connectivity index (χ2n) is 9.24. The summed E-state index contributed by atoms with van der Waals surface area (Å²) in [5.74, 6) is 5.39. The Morgan fingerprint density at radius 1 is 1.27 bits per heavy atom. The second kappa shape index (κ2) is 10.4. The smallest absolute Gasteiger partial charge is 0.348 e. The Kier molecular flexibility index (Phi) is 8.25. The number of rotatable bonds is 6. The first-order chi connectivity index (χ1) is 15.4. The normalized spacial score (nSPS) is 16.5. The highest BCUT2D eigenvalue weighted by molar-refractivity contribution is 7.72. The molecule has 1 unspecified atom stereocenters. The largest absolute Gasteiger partial charge is 0.477 e. The molecule has 0 bridgehead atoms. The summed E-state index contributed by atoms with van der Waals surface area (Å²) in [6.45, 7) is 9.30. The van der Waals surface area contributed by atoms with Crippen LogP contribution in [0.4, 0.5) is 5.69 Å². The fourth-order valence-electron chi connectivity index (χ4n) is 3.62. The van der Waals surface area contributed by atoms with E-state index < -0.39 is 13.3 Å². The summed E-state index contributed by atoms with van der Waals surface area (Å²) >= 11 is 13.6. The number of anilines is 1. The van der Waals surface area contributed by atoms with E-state index in [4.69, 9.17) is 27.9 Å². The van der Waals surface area contributed by atoms with Gasteiger partial charge in [0.05, 0.1) is 15.6 Å². The van der Waals surface area contributed by atoms with E-state index in [9.17, 15) is 14.5 Å². The Labute approximate surface area is 209 Å². The van der Waals surface area contributed by atoms with Crippen LogP contribution in [0.5, 0.6) is 0 Å². The summed E-state index contributed by atoms with van der Waals surface area (Å²) in [5, 5.41) is 11.2. The molecule has 33 heavy (non-hydrogen) atoms. The summed E-state index contributed by atoms with van der Waals surface area (Å²) in [6, 6.07) is 6.62. The average molecular weight is 528 g/mol. The van der Waals surface area contributed by atoms with Crippen LogP contribution in [0.3, 0.4) is 0 Å². The minimum atomic E-state index is -3.31. The lowest BCUT2D eigenvalue weighted by Crippen LogP contribution is -2.34. The molecule has 0 radical (unpaired) electrons. The zero-order valence-corrected chi connectivity index (χ0v) is 22.4. The van der Waals surface area contributed by atoms with Crippen molar-refractivity contribution >= 4 is 58.8 Å². The van der Waals surface area contributed by atoms with Crippen molar-refractivity contribution in [3.63, 3.8) is 0 Å². The van der Waals surface area contributed by atoms with Gasteiger partial charge in [-0.3, -0.25) is 4.57 Å². The van der Waals surface area contributed by atoms with Crippen LogP contribution < -0.4 is 9.97 Å². The van der Waals surface area contributed by atoms with Gasteiger partial charge in [0.25, 0.3) is 0 Å². The van der Waals surface area contributed by atoms with Crippen LogP contribution in [0.25, 0.3) is 0 Å². The molecular formula is C24H28Cl2NO4PS. The number of aromatic carboxylic acids is 1. The first kappa shape index (κ1) is 26.1. The van der Waals surface area contributed by atoms with Gasteiger partial charge in [0, 0.05) is 42.2 Å². The highest BCUT2D eigenvalue weighted by atomic mass is 35.5. The van der Waals surface area contributed by atoms with Crippen LogP contribution in [0.2, 0.25) is 10.0 Å². The zero-order valence-electron chi connectivity index (χ0n) is 19.2. The molecule has 2 heterocycles. The molecule has 1 aromatic heterocycles. The second-order valence-corrected chi connectivity index (χ2v) is 13.9. The van der Waals surface area contributed by atoms with E-state index in [-0.39, 0.29) is 16.2 Å². The quantitative estimate of drug-likeness (QED) is 0.337. The van der Waals surface area contributed by atoms with E-state index in [1.807, 2.05) is 20.8 Å². The highest BCUT2D eigenvalue weighted by Crippen LogP contribution is 2.52. The Balaban J connectivity index is 2.14. The molecule has 1 N–H and O–H groups in total. The maximum absolute atomic E-state index is 14.4. The molecule has 1 atom stereocenters. The fraction of sp³-hybridized carbons (Fsp3) is 0.458. The summed E-state index contributed by atoms with van der Waals surface area (Å²) in [4.78, 5) is 12.9. The van der Waals surface area contributed by atoms with E-state index >= 15 is 0 Å². The fourth-order valence-corrected chi connectivity index (χ4v) is 7.60. The lowest BCUT2D eigenvalue weighted by molar-refractivity contribution is 0.0685. The van der Waals surface area contributed by atoms with Crippen molar-refractivity contribution in [2.75, 3.05) is 31.1 Å². The van der Waals surface area contributed by atoms with Crippen LogP contribution in [0, 0.1) is 23.2 Å². The third kappa shape index (κ3) is 6.56. The molecule has 1 fully saturated rings. The number of nitrogens with zero attached hydrogens (tertiary/aromatic N) is 1. The van der Waals surface area contributed by atoms with Crippen LogP contribution >= 0.6 is 41.8 Å². The first-order valence-corrected chi connectivity index (χ1v) is 14.4. The highest BCUT2D eigenvalue weighted by Gasteiger charge is 2.35. The summed E-state index contributed by atoms with van der Waals surface area (Å²) < 4.78 is 21.6. The maximum atomic E-state index is 14.4. The number of ether oxygens (including phenoxy) is 1. The van der Waals surface area contributed by atoms with Gasteiger partial charge in [-0.15, -0.1) is 11.3 Å².